The van der Waals surface area contributed by atoms with Crippen LogP contribution in [0, 0.1) is 11.3 Å². The van der Waals surface area contributed by atoms with Crippen molar-refractivity contribution in [3.05, 3.63) is 34.9 Å². The maximum absolute atomic E-state index is 11.4. The Labute approximate surface area is 119 Å². The summed E-state index contributed by atoms with van der Waals surface area (Å²) in [5.74, 6) is -0.334. The normalized spacial score (nSPS) is 11.5. The number of allylic oxidation sites excluding steroid dienone is 1. The molecular weight excluding hydrogens is 254 g/mol. The molecule has 20 heavy (non-hydrogen) atoms. The van der Waals surface area contributed by atoms with Gasteiger partial charge in [-0.3, -0.25) is 0 Å². The first kappa shape index (κ1) is 15.8. The lowest BCUT2D eigenvalue weighted by Gasteiger charge is -2.11. The Bertz CT molecular complexity index is 568. The summed E-state index contributed by atoms with van der Waals surface area (Å²) in [4.78, 5) is 11.4. The summed E-state index contributed by atoms with van der Waals surface area (Å²) in [6, 6.07) is 7.19. The van der Waals surface area contributed by atoms with E-state index < -0.39 is 5.97 Å². The number of carboxylic acid groups (broad SMARTS) is 1. The van der Waals surface area contributed by atoms with Gasteiger partial charge in [-0.15, -0.1) is 0 Å². The predicted molar refractivity (Wildman–Crippen MR) is 77.5 cm³/mol. The number of aliphatic carboxylic acids is 1. The van der Waals surface area contributed by atoms with Gasteiger partial charge in [-0.25, -0.2) is 4.79 Å². The first-order valence-electron chi connectivity index (χ1n) is 6.56. The number of ether oxygens (including phenoxy) is 1. The summed E-state index contributed by atoms with van der Waals surface area (Å²) in [7, 11) is 1.53. The number of unbranched alkanes of at least 4 members (excludes halogenated alkanes) is 1. The predicted octanol–water partition coefficient (Wildman–Crippen LogP) is 3.62. The third-order valence-electron chi connectivity index (χ3n) is 3.24. The highest BCUT2D eigenvalue weighted by atomic mass is 16.5. The third-order valence-corrected chi connectivity index (χ3v) is 3.24. The van der Waals surface area contributed by atoms with Crippen molar-refractivity contribution in [2.24, 2.45) is 0 Å². The van der Waals surface area contributed by atoms with Crippen LogP contribution in [0.3, 0.4) is 0 Å². The summed E-state index contributed by atoms with van der Waals surface area (Å²) in [5, 5.41) is 18.5. The van der Waals surface area contributed by atoms with E-state index in [0.29, 0.717) is 34.4 Å². The minimum absolute atomic E-state index is 0.369. The van der Waals surface area contributed by atoms with Crippen LogP contribution in [0.25, 0.3) is 5.57 Å². The number of methoxy groups -OCH3 is 1. The molecule has 0 heterocycles. The van der Waals surface area contributed by atoms with Crippen molar-refractivity contribution in [3.8, 4) is 11.8 Å². The zero-order valence-electron chi connectivity index (χ0n) is 12.1. The Morgan fingerprint density at radius 2 is 2.15 bits per heavy atom. The van der Waals surface area contributed by atoms with Gasteiger partial charge in [0.2, 0.25) is 0 Å². The average molecular weight is 273 g/mol. The van der Waals surface area contributed by atoms with Crippen LogP contribution in [-0.2, 0) is 4.79 Å². The Morgan fingerprint density at radius 3 is 2.65 bits per heavy atom. The van der Waals surface area contributed by atoms with Crippen molar-refractivity contribution < 1.29 is 14.6 Å². The van der Waals surface area contributed by atoms with E-state index in [4.69, 9.17) is 4.74 Å². The van der Waals surface area contributed by atoms with Gasteiger partial charge in [-0.2, -0.15) is 5.26 Å². The summed E-state index contributed by atoms with van der Waals surface area (Å²) in [6.07, 6.45) is 2.25. The molecule has 0 bridgehead atoms. The highest BCUT2D eigenvalue weighted by Crippen LogP contribution is 2.27. The second-order valence-electron chi connectivity index (χ2n) is 4.54. The Morgan fingerprint density at radius 1 is 1.45 bits per heavy atom. The number of nitrogens with zero attached hydrogens (tertiary/aromatic N) is 1. The van der Waals surface area contributed by atoms with Crippen LogP contribution >= 0.6 is 0 Å². The molecule has 0 saturated heterocycles. The van der Waals surface area contributed by atoms with Crippen molar-refractivity contribution in [1.82, 2.24) is 0 Å². The van der Waals surface area contributed by atoms with Crippen LogP contribution in [0.2, 0.25) is 0 Å². The third kappa shape index (κ3) is 3.61. The maximum Gasteiger partial charge on any atom is 0.331 e. The first-order valence-corrected chi connectivity index (χ1v) is 6.56. The summed E-state index contributed by atoms with van der Waals surface area (Å²) in [5.41, 5.74) is 2.09. The molecule has 1 aromatic carbocycles. The van der Waals surface area contributed by atoms with E-state index >= 15 is 0 Å². The van der Waals surface area contributed by atoms with Gasteiger partial charge < -0.3 is 9.84 Å². The number of rotatable bonds is 6. The van der Waals surface area contributed by atoms with Gasteiger partial charge in [-0.05, 0) is 49.1 Å². The molecule has 0 aliphatic heterocycles. The molecule has 106 valence electrons. The van der Waals surface area contributed by atoms with Crippen LogP contribution in [0.1, 0.15) is 44.2 Å². The van der Waals surface area contributed by atoms with Crippen LogP contribution in [0.15, 0.2) is 23.8 Å². The molecule has 0 unspecified atom stereocenters. The van der Waals surface area contributed by atoms with Crippen molar-refractivity contribution in [2.45, 2.75) is 33.1 Å². The van der Waals surface area contributed by atoms with E-state index in [-0.39, 0.29) is 0 Å². The van der Waals surface area contributed by atoms with Gasteiger partial charge in [0.15, 0.2) is 0 Å². The number of hydrogen-bond acceptors (Lipinski definition) is 3. The molecule has 1 aromatic rings. The van der Waals surface area contributed by atoms with Crippen LogP contribution < -0.4 is 4.74 Å². The molecule has 4 nitrogen and oxygen atoms in total. The Balaban J connectivity index is 3.32. The summed E-state index contributed by atoms with van der Waals surface area (Å²) >= 11 is 0. The van der Waals surface area contributed by atoms with Gasteiger partial charge in [0, 0.05) is 5.57 Å². The second kappa shape index (κ2) is 7.34. The fourth-order valence-corrected chi connectivity index (χ4v) is 2.04. The molecule has 1 rings (SSSR count). The maximum atomic E-state index is 11.4. The molecule has 4 heteroatoms. The molecule has 0 fully saturated rings. The molecule has 0 radical (unpaired) electrons. The smallest absolute Gasteiger partial charge is 0.331 e. The molecule has 1 N–H and O–H groups in total. The SMILES string of the molecule is CCCCC(C(=O)O)=C(C)c1ccc(OC)cc1C#N. The lowest BCUT2D eigenvalue weighted by Crippen LogP contribution is -2.04. The van der Waals surface area contributed by atoms with Gasteiger partial charge in [0.1, 0.15) is 5.75 Å². The highest BCUT2D eigenvalue weighted by molar-refractivity contribution is 5.96. The minimum Gasteiger partial charge on any atom is -0.497 e. The standard InChI is InChI=1S/C16H19NO3/c1-4-5-6-15(16(18)19)11(2)14-8-7-13(20-3)9-12(14)10-17/h7-9H,4-6H2,1-3H3,(H,18,19). The molecule has 0 amide bonds. The molecule has 0 aromatic heterocycles. The zero-order chi connectivity index (χ0) is 15.1. The number of nitriles is 1. The molecular formula is C16H19NO3. The Kier molecular flexibility index (Phi) is 5.79. The topological polar surface area (TPSA) is 70.3 Å². The second-order valence-corrected chi connectivity index (χ2v) is 4.54. The number of hydrogen-bond donors (Lipinski definition) is 1. The largest absolute Gasteiger partial charge is 0.497 e. The van der Waals surface area contributed by atoms with Gasteiger partial charge in [0.25, 0.3) is 0 Å². The van der Waals surface area contributed by atoms with Gasteiger partial charge in [0.05, 0.1) is 18.7 Å². The first-order chi connectivity index (χ1) is 9.54. The summed E-state index contributed by atoms with van der Waals surface area (Å²) < 4.78 is 5.08. The highest BCUT2D eigenvalue weighted by Gasteiger charge is 2.15. The van der Waals surface area contributed by atoms with E-state index in [9.17, 15) is 15.2 Å². The van der Waals surface area contributed by atoms with E-state index in [2.05, 4.69) is 6.07 Å². The van der Waals surface area contributed by atoms with Crippen LogP contribution in [-0.4, -0.2) is 18.2 Å². The monoisotopic (exact) mass is 273 g/mol. The number of carbonyl (C=O) groups is 1. The van der Waals surface area contributed by atoms with Crippen LogP contribution in [0.5, 0.6) is 5.75 Å². The van der Waals surface area contributed by atoms with Crippen molar-refractivity contribution >= 4 is 11.5 Å². The minimum atomic E-state index is -0.921. The van der Waals surface area contributed by atoms with Crippen molar-refractivity contribution in [1.29, 1.82) is 5.26 Å². The molecule has 0 spiro atoms. The van der Waals surface area contributed by atoms with E-state index in [1.165, 1.54) is 7.11 Å². The van der Waals surface area contributed by atoms with Crippen molar-refractivity contribution in [2.75, 3.05) is 7.11 Å². The van der Waals surface area contributed by atoms with Crippen molar-refractivity contribution in [3.63, 3.8) is 0 Å². The van der Waals surface area contributed by atoms with E-state index in [1.54, 1.807) is 25.1 Å². The van der Waals surface area contributed by atoms with Gasteiger partial charge >= 0.3 is 5.97 Å². The molecule has 0 atom stereocenters. The average Bonchev–Trinajstić information content (AvgIpc) is 2.46. The van der Waals surface area contributed by atoms with Gasteiger partial charge in [-0.1, -0.05) is 13.3 Å². The quantitative estimate of drug-likeness (QED) is 0.804. The summed E-state index contributed by atoms with van der Waals surface area (Å²) in [6.45, 7) is 3.77. The molecule has 0 aliphatic rings. The molecule has 0 aliphatic carbocycles. The van der Waals surface area contributed by atoms with E-state index in [0.717, 1.165) is 12.8 Å². The lowest BCUT2D eigenvalue weighted by molar-refractivity contribution is -0.132. The van der Waals surface area contributed by atoms with Crippen LogP contribution in [0.4, 0.5) is 0 Å². The number of benzene rings is 1. The van der Waals surface area contributed by atoms with E-state index in [1.807, 2.05) is 6.92 Å². The Hall–Kier alpha value is -2.28. The fourth-order valence-electron chi connectivity index (χ4n) is 2.04. The zero-order valence-corrected chi connectivity index (χ0v) is 12.1. The fraction of sp³-hybridized carbons (Fsp3) is 0.375. The molecule has 0 saturated carbocycles. The lowest BCUT2D eigenvalue weighted by atomic mass is 9.94. The number of carboxylic acids is 1.